The number of sulfone groups is 1. The van der Waals surface area contributed by atoms with Crippen LogP contribution in [-0.4, -0.2) is 42.1 Å². The van der Waals surface area contributed by atoms with Crippen LogP contribution in [0.1, 0.15) is 23.2 Å². The summed E-state index contributed by atoms with van der Waals surface area (Å²) in [6, 6.07) is 13.9. The van der Waals surface area contributed by atoms with Gasteiger partial charge in [0.2, 0.25) is 0 Å². The number of fused-ring (bicyclic) bond motifs is 1. The molecule has 0 spiro atoms. The number of carbonyl (C=O) groups is 1. The number of benzene rings is 2. The van der Waals surface area contributed by atoms with Gasteiger partial charge in [-0.15, -0.1) is 0 Å². The van der Waals surface area contributed by atoms with Gasteiger partial charge in [0.15, 0.2) is 9.84 Å². The van der Waals surface area contributed by atoms with E-state index in [1.165, 1.54) is 0 Å². The van der Waals surface area contributed by atoms with Crippen LogP contribution in [0.4, 0.5) is 0 Å². The van der Waals surface area contributed by atoms with Crippen molar-refractivity contribution in [2.24, 2.45) is 7.05 Å². The normalized spacial score (nSPS) is 15.9. The van der Waals surface area contributed by atoms with Gasteiger partial charge in [-0.1, -0.05) is 11.6 Å². The number of carbonyl (C=O) groups excluding carboxylic acids is 1. The summed E-state index contributed by atoms with van der Waals surface area (Å²) in [7, 11) is -1.45. The smallest absolute Gasteiger partial charge is 0.253 e. The maximum atomic E-state index is 12.9. The molecule has 0 aliphatic carbocycles. The highest BCUT2D eigenvalue weighted by molar-refractivity contribution is 7.92. The molecule has 28 heavy (non-hydrogen) atoms. The fraction of sp³-hybridized carbons (Fsp3) is 0.286. The van der Waals surface area contributed by atoms with Crippen LogP contribution in [0.5, 0.6) is 0 Å². The van der Waals surface area contributed by atoms with Crippen molar-refractivity contribution >= 4 is 38.2 Å². The van der Waals surface area contributed by atoms with E-state index in [2.05, 4.69) is 0 Å². The molecular formula is C21H21ClN2O3S. The number of piperidine rings is 1. The van der Waals surface area contributed by atoms with Crippen LogP contribution < -0.4 is 0 Å². The maximum Gasteiger partial charge on any atom is 0.253 e. The minimum Gasteiger partial charge on any atom is -0.351 e. The summed E-state index contributed by atoms with van der Waals surface area (Å²) in [4.78, 5) is 14.9. The molecular weight excluding hydrogens is 396 g/mol. The van der Waals surface area contributed by atoms with Crippen molar-refractivity contribution in [1.29, 1.82) is 0 Å². The van der Waals surface area contributed by atoms with Crippen LogP contribution >= 0.6 is 11.6 Å². The molecule has 1 aromatic heterocycles. The Labute approximate surface area is 169 Å². The minimum atomic E-state index is -3.42. The molecule has 146 valence electrons. The van der Waals surface area contributed by atoms with Crippen molar-refractivity contribution in [3.8, 4) is 0 Å². The highest BCUT2D eigenvalue weighted by atomic mass is 35.5. The second-order valence-electron chi connectivity index (χ2n) is 7.19. The molecule has 0 unspecified atom stereocenters. The Hall–Kier alpha value is -2.31. The zero-order valence-corrected chi connectivity index (χ0v) is 17.1. The molecule has 0 atom stereocenters. The predicted octanol–water partition coefficient (Wildman–Crippen LogP) is 3.91. The first-order valence-electron chi connectivity index (χ1n) is 9.20. The van der Waals surface area contributed by atoms with Gasteiger partial charge in [-0.25, -0.2) is 8.42 Å². The summed E-state index contributed by atoms with van der Waals surface area (Å²) in [5, 5.41) is 1.05. The van der Waals surface area contributed by atoms with Gasteiger partial charge in [-0.05, 0) is 61.4 Å². The Morgan fingerprint density at radius 3 is 2.39 bits per heavy atom. The van der Waals surface area contributed by atoms with Crippen molar-refractivity contribution in [3.05, 3.63) is 65.3 Å². The van der Waals surface area contributed by atoms with Crippen LogP contribution in [0, 0.1) is 0 Å². The third kappa shape index (κ3) is 3.42. The van der Waals surface area contributed by atoms with Crippen molar-refractivity contribution in [2.45, 2.75) is 23.0 Å². The average Bonchev–Trinajstić information content (AvgIpc) is 3.08. The largest absolute Gasteiger partial charge is 0.351 e. The zero-order valence-electron chi connectivity index (χ0n) is 15.5. The van der Waals surface area contributed by atoms with E-state index < -0.39 is 15.1 Å². The molecule has 4 rings (SSSR count). The van der Waals surface area contributed by atoms with Gasteiger partial charge in [0, 0.05) is 47.8 Å². The lowest BCUT2D eigenvalue weighted by atomic mass is 10.1. The Kier molecular flexibility index (Phi) is 4.93. The molecule has 1 aliphatic heterocycles. The first-order valence-corrected chi connectivity index (χ1v) is 11.1. The maximum absolute atomic E-state index is 12.9. The lowest BCUT2D eigenvalue weighted by molar-refractivity contribution is 0.0726. The van der Waals surface area contributed by atoms with Crippen molar-refractivity contribution in [1.82, 2.24) is 9.47 Å². The Bertz CT molecular complexity index is 1130. The molecule has 5 nitrogen and oxygen atoms in total. The average molecular weight is 417 g/mol. The van der Waals surface area contributed by atoms with Gasteiger partial charge in [0.05, 0.1) is 10.1 Å². The SMILES string of the molecule is Cn1ccc2cc(C(=O)N3CCC(S(=O)(=O)c4ccc(Cl)cc4)CC3)ccc21. The van der Waals surface area contributed by atoms with E-state index in [1.54, 1.807) is 29.2 Å². The molecule has 1 amide bonds. The zero-order chi connectivity index (χ0) is 19.9. The van der Waals surface area contributed by atoms with Gasteiger partial charge >= 0.3 is 0 Å². The van der Waals surface area contributed by atoms with Crippen LogP contribution in [0.25, 0.3) is 10.9 Å². The number of nitrogens with zero attached hydrogens (tertiary/aromatic N) is 2. The summed E-state index contributed by atoms with van der Waals surface area (Å²) in [5.41, 5.74) is 1.71. The van der Waals surface area contributed by atoms with Gasteiger partial charge < -0.3 is 9.47 Å². The molecule has 1 fully saturated rings. The Morgan fingerprint density at radius 2 is 1.71 bits per heavy atom. The lowest BCUT2D eigenvalue weighted by Gasteiger charge is -2.32. The molecule has 1 aliphatic rings. The first-order chi connectivity index (χ1) is 13.4. The van der Waals surface area contributed by atoms with Crippen molar-refractivity contribution in [3.63, 3.8) is 0 Å². The van der Waals surface area contributed by atoms with E-state index in [1.807, 2.05) is 42.1 Å². The van der Waals surface area contributed by atoms with Gasteiger partial charge in [-0.2, -0.15) is 0 Å². The monoisotopic (exact) mass is 416 g/mol. The van der Waals surface area contributed by atoms with E-state index in [9.17, 15) is 13.2 Å². The minimum absolute atomic E-state index is 0.0481. The second kappa shape index (κ2) is 7.26. The van der Waals surface area contributed by atoms with Gasteiger partial charge in [0.25, 0.3) is 5.91 Å². The fourth-order valence-electron chi connectivity index (χ4n) is 3.78. The van der Waals surface area contributed by atoms with Crippen LogP contribution in [0.2, 0.25) is 5.02 Å². The topological polar surface area (TPSA) is 59.4 Å². The first kappa shape index (κ1) is 19.0. The van der Waals surface area contributed by atoms with Crippen LogP contribution in [-0.2, 0) is 16.9 Å². The van der Waals surface area contributed by atoms with E-state index in [0.717, 1.165) is 10.9 Å². The summed E-state index contributed by atoms with van der Waals surface area (Å²) in [5.74, 6) is -0.0481. The third-order valence-corrected chi connectivity index (χ3v) is 7.97. The molecule has 0 saturated carbocycles. The van der Waals surface area contributed by atoms with E-state index in [4.69, 9.17) is 11.6 Å². The summed E-state index contributed by atoms with van der Waals surface area (Å²) >= 11 is 5.86. The van der Waals surface area contributed by atoms with Gasteiger partial charge in [-0.3, -0.25) is 4.79 Å². The molecule has 0 N–H and O–H groups in total. The lowest BCUT2D eigenvalue weighted by Crippen LogP contribution is -2.42. The molecule has 2 heterocycles. The highest BCUT2D eigenvalue weighted by Gasteiger charge is 2.33. The van der Waals surface area contributed by atoms with Gasteiger partial charge in [0.1, 0.15) is 0 Å². The third-order valence-electron chi connectivity index (χ3n) is 5.44. The standard InChI is InChI=1S/C21H21ClN2O3S/c1-23-11-8-15-14-16(2-7-20(15)23)21(25)24-12-9-19(10-13-24)28(26,27)18-5-3-17(22)4-6-18/h2-8,11,14,19H,9-10,12-13H2,1H3. The molecule has 7 heteroatoms. The van der Waals surface area contributed by atoms with Crippen LogP contribution in [0.3, 0.4) is 0 Å². The number of hydrogen-bond acceptors (Lipinski definition) is 3. The quantitative estimate of drug-likeness (QED) is 0.650. The number of amides is 1. The molecule has 2 aromatic carbocycles. The fourth-order valence-corrected chi connectivity index (χ4v) is 5.64. The van der Waals surface area contributed by atoms with E-state index in [-0.39, 0.29) is 10.8 Å². The van der Waals surface area contributed by atoms with Crippen LogP contribution in [0.15, 0.2) is 59.6 Å². The predicted molar refractivity (Wildman–Crippen MR) is 110 cm³/mol. The number of aryl methyl sites for hydroxylation is 1. The number of halogens is 1. The number of rotatable bonds is 3. The van der Waals surface area contributed by atoms with Crippen molar-refractivity contribution in [2.75, 3.05) is 13.1 Å². The summed E-state index contributed by atoms with van der Waals surface area (Å²) in [6.45, 7) is 0.867. The Morgan fingerprint density at radius 1 is 1.04 bits per heavy atom. The molecule has 0 bridgehead atoms. The highest BCUT2D eigenvalue weighted by Crippen LogP contribution is 2.27. The van der Waals surface area contributed by atoms with Crippen molar-refractivity contribution < 1.29 is 13.2 Å². The Balaban J connectivity index is 1.47. The number of aromatic nitrogens is 1. The molecule has 1 saturated heterocycles. The van der Waals surface area contributed by atoms with E-state index in [0.29, 0.717) is 36.5 Å². The van der Waals surface area contributed by atoms with E-state index >= 15 is 0 Å². The summed E-state index contributed by atoms with van der Waals surface area (Å²) in [6.07, 6.45) is 2.83. The molecule has 3 aromatic rings. The summed E-state index contributed by atoms with van der Waals surface area (Å²) < 4.78 is 27.7. The molecule has 0 radical (unpaired) electrons. The number of hydrogen-bond donors (Lipinski definition) is 0. The number of likely N-dealkylation sites (tertiary alicyclic amines) is 1. The second-order valence-corrected chi connectivity index (χ2v) is 9.86.